The zero-order chi connectivity index (χ0) is 14.8. The van der Waals surface area contributed by atoms with E-state index in [0.29, 0.717) is 5.56 Å². The molecule has 3 atom stereocenters. The topological polar surface area (TPSA) is 60.8 Å². The summed E-state index contributed by atoms with van der Waals surface area (Å²) in [6.45, 7) is 0.723. The number of aliphatic hydroxyl groups excluding tert-OH is 1. The minimum Gasteiger partial charge on any atom is -0.507 e. The van der Waals surface area contributed by atoms with Crippen LogP contribution in [-0.2, 0) is 0 Å². The van der Waals surface area contributed by atoms with Crippen molar-refractivity contribution in [3.8, 4) is 5.75 Å². The summed E-state index contributed by atoms with van der Waals surface area (Å²) >= 11 is 0. The third kappa shape index (κ3) is 2.77. The maximum Gasteiger partial charge on any atom is 0.257 e. The molecule has 3 unspecified atom stereocenters. The lowest BCUT2D eigenvalue weighted by molar-refractivity contribution is 0.0211. The van der Waals surface area contributed by atoms with Gasteiger partial charge in [-0.2, -0.15) is 0 Å². The molecule has 1 aromatic carbocycles. The van der Waals surface area contributed by atoms with Gasteiger partial charge < -0.3 is 15.1 Å². The Hall–Kier alpha value is -1.55. The summed E-state index contributed by atoms with van der Waals surface area (Å²) in [7, 11) is 0. The average molecular weight is 289 g/mol. The highest BCUT2D eigenvalue weighted by atomic mass is 16.3. The van der Waals surface area contributed by atoms with Gasteiger partial charge in [0.1, 0.15) is 5.75 Å². The fourth-order valence-corrected chi connectivity index (χ4v) is 3.89. The number of carbonyl (C=O) groups excluding carboxylic acids is 1. The van der Waals surface area contributed by atoms with E-state index in [1.165, 1.54) is 0 Å². The van der Waals surface area contributed by atoms with Crippen LogP contribution in [0, 0.1) is 5.92 Å². The van der Waals surface area contributed by atoms with E-state index in [2.05, 4.69) is 0 Å². The predicted octanol–water partition coefficient (Wildman–Crippen LogP) is 2.55. The number of amides is 1. The second-order valence-electron chi connectivity index (χ2n) is 6.24. The van der Waals surface area contributed by atoms with Crippen LogP contribution in [0.4, 0.5) is 0 Å². The second-order valence-corrected chi connectivity index (χ2v) is 6.24. The Morgan fingerprint density at radius 3 is 2.62 bits per heavy atom. The number of benzene rings is 1. The molecule has 1 saturated carbocycles. The first kappa shape index (κ1) is 14.4. The largest absolute Gasteiger partial charge is 0.507 e. The van der Waals surface area contributed by atoms with Crippen LogP contribution in [0.25, 0.3) is 0 Å². The number of nitrogens with zero attached hydrogens (tertiary/aromatic N) is 1. The summed E-state index contributed by atoms with van der Waals surface area (Å²) in [5.74, 6) is 0.127. The number of hydrogen-bond acceptors (Lipinski definition) is 3. The number of aromatic hydroxyl groups is 1. The van der Waals surface area contributed by atoms with Crippen molar-refractivity contribution in [3.05, 3.63) is 29.8 Å². The predicted molar refractivity (Wildman–Crippen MR) is 80.1 cm³/mol. The van der Waals surface area contributed by atoms with Crippen LogP contribution in [0.3, 0.4) is 0 Å². The van der Waals surface area contributed by atoms with Crippen LogP contribution >= 0.6 is 0 Å². The summed E-state index contributed by atoms with van der Waals surface area (Å²) in [5, 5.41) is 20.2. The van der Waals surface area contributed by atoms with Gasteiger partial charge >= 0.3 is 0 Å². The first-order valence-corrected chi connectivity index (χ1v) is 7.95. The third-order valence-electron chi connectivity index (χ3n) is 4.97. The zero-order valence-electron chi connectivity index (χ0n) is 12.2. The van der Waals surface area contributed by atoms with Crippen LogP contribution in [0.1, 0.15) is 48.9 Å². The van der Waals surface area contributed by atoms with Crippen LogP contribution < -0.4 is 0 Å². The third-order valence-corrected chi connectivity index (χ3v) is 4.97. The molecular formula is C17H23NO3. The summed E-state index contributed by atoms with van der Waals surface area (Å²) in [5.41, 5.74) is 0.370. The Balaban J connectivity index is 1.80. The van der Waals surface area contributed by atoms with E-state index in [0.717, 1.165) is 45.1 Å². The van der Waals surface area contributed by atoms with E-state index in [1.807, 2.05) is 4.90 Å². The van der Waals surface area contributed by atoms with Crippen LogP contribution in [0.5, 0.6) is 5.75 Å². The Morgan fingerprint density at radius 1 is 1.10 bits per heavy atom. The number of phenolic OH excluding ortho intramolecular Hbond substituents is 1. The molecule has 114 valence electrons. The Labute approximate surface area is 125 Å². The van der Waals surface area contributed by atoms with Crippen molar-refractivity contribution in [3.63, 3.8) is 0 Å². The van der Waals surface area contributed by atoms with E-state index in [4.69, 9.17) is 0 Å². The lowest BCUT2D eigenvalue weighted by Gasteiger charge is -2.37. The molecule has 0 bridgehead atoms. The SMILES string of the molecule is O=C(c1ccccc1O)N1CCCC1C1CCCCC1O. The molecule has 4 heteroatoms. The average Bonchev–Trinajstić information content (AvgIpc) is 2.97. The molecule has 0 spiro atoms. The van der Waals surface area contributed by atoms with Gasteiger partial charge in [-0.25, -0.2) is 0 Å². The molecule has 0 radical (unpaired) electrons. The summed E-state index contributed by atoms with van der Waals surface area (Å²) < 4.78 is 0. The smallest absolute Gasteiger partial charge is 0.257 e. The highest BCUT2D eigenvalue weighted by Crippen LogP contribution is 2.35. The van der Waals surface area contributed by atoms with Crippen molar-refractivity contribution >= 4 is 5.91 Å². The van der Waals surface area contributed by atoms with Crippen molar-refractivity contribution in [2.75, 3.05) is 6.54 Å². The molecule has 2 fully saturated rings. The molecule has 0 aromatic heterocycles. The molecule has 2 aliphatic rings. The van der Waals surface area contributed by atoms with Crippen LogP contribution in [0.15, 0.2) is 24.3 Å². The fraction of sp³-hybridized carbons (Fsp3) is 0.588. The van der Waals surface area contributed by atoms with Gasteiger partial charge in [-0.3, -0.25) is 4.79 Å². The Kier molecular flexibility index (Phi) is 4.15. The van der Waals surface area contributed by atoms with Crippen molar-refractivity contribution in [2.24, 2.45) is 5.92 Å². The number of carbonyl (C=O) groups is 1. The minimum atomic E-state index is -0.290. The molecule has 3 rings (SSSR count). The minimum absolute atomic E-state index is 0.0392. The van der Waals surface area contributed by atoms with Gasteiger partial charge in [-0.1, -0.05) is 25.0 Å². The fourth-order valence-electron chi connectivity index (χ4n) is 3.89. The van der Waals surface area contributed by atoms with Crippen molar-refractivity contribution < 1.29 is 15.0 Å². The Morgan fingerprint density at radius 2 is 1.86 bits per heavy atom. The summed E-state index contributed by atoms with van der Waals surface area (Å²) in [6.07, 6.45) is 5.71. The molecule has 21 heavy (non-hydrogen) atoms. The normalized spacial score (nSPS) is 29.6. The molecule has 1 aliphatic carbocycles. The number of hydrogen-bond donors (Lipinski definition) is 2. The Bertz CT molecular complexity index is 517. The number of likely N-dealkylation sites (tertiary alicyclic amines) is 1. The lowest BCUT2D eigenvalue weighted by atomic mass is 9.80. The van der Waals surface area contributed by atoms with Gasteiger partial charge in [0, 0.05) is 18.5 Å². The molecule has 4 nitrogen and oxygen atoms in total. The maximum atomic E-state index is 12.7. The van der Waals surface area contributed by atoms with Crippen LogP contribution in [-0.4, -0.2) is 39.7 Å². The van der Waals surface area contributed by atoms with Gasteiger partial charge in [0.25, 0.3) is 5.91 Å². The quantitative estimate of drug-likeness (QED) is 0.879. The van der Waals surface area contributed by atoms with Crippen molar-refractivity contribution in [1.82, 2.24) is 4.90 Å². The molecule has 1 heterocycles. The van der Waals surface area contributed by atoms with E-state index in [-0.39, 0.29) is 29.7 Å². The van der Waals surface area contributed by atoms with Crippen LogP contribution in [0.2, 0.25) is 0 Å². The van der Waals surface area contributed by atoms with E-state index in [1.54, 1.807) is 24.3 Å². The number of phenols is 1. The standard InChI is InChI=1S/C17H23NO3/c19-15-9-3-1-6-12(15)14-8-5-11-18(14)17(21)13-7-2-4-10-16(13)20/h2,4,7,10,12,14-15,19-20H,1,3,5-6,8-9,11H2. The van der Waals surface area contributed by atoms with E-state index in [9.17, 15) is 15.0 Å². The van der Waals surface area contributed by atoms with E-state index >= 15 is 0 Å². The van der Waals surface area contributed by atoms with Gasteiger partial charge in [-0.15, -0.1) is 0 Å². The monoisotopic (exact) mass is 289 g/mol. The van der Waals surface area contributed by atoms with E-state index < -0.39 is 0 Å². The molecule has 1 saturated heterocycles. The number of para-hydroxylation sites is 1. The summed E-state index contributed by atoms with van der Waals surface area (Å²) in [6, 6.07) is 6.83. The molecule has 1 amide bonds. The first-order valence-electron chi connectivity index (χ1n) is 7.95. The zero-order valence-corrected chi connectivity index (χ0v) is 12.2. The van der Waals surface area contributed by atoms with Gasteiger partial charge in [0.15, 0.2) is 0 Å². The van der Waals surface area contributed by atoms with Crippen molar-refractivity contribution in [1.29, 1.82) is 0 Å². The number of rotatable bonds is 2. The van der Waals surface area contributed by atoms with Gasteiger partial charge in [0.2, 0.25) is 0 Å². The molecular weight excluding hydrogens is 266 g/mol. The molecule has 2 N–H and O–H groups in total. The van der Waals surface area contributed by atoms with Crippen molar-refractivity contribution in [2.45, 2.75) is 50.7 Å². The molecule has 1 aromatic rings. The van der Waals surface area contributed by atoms with Gasteiger partial charge in [0.05, 0.1) is 11.7 Å². The first-order chi connectivity index (χ1) is 10.2. The summed E-state index contributed by atoms with van der Waals surface area (Å²) in [4.78, 5) is 14.6. The molecule has 1 aliphatic heterocycles. The van der Waals surface area contributed by atoms with Gasteiger partial charge in [-0.05, 0) is 37.8 Å². The number of aliphatic hydroxyl groups is 1. The highest BCUT2D eigenvalue weighted by Gasteiger charge is 2.39. The maximum absolute atomic E-state index is 12.7. The lowest BCUT2D eigenvalue weighted by Crippen LogP contribution is -2.45. The second kappa shape index (κ2) is 6.06. The highest BCUT2D eigenvalue weighted by molar-refractivity contribution is 5.97.